The number of fused-ring (bicyclic) bond motifs is 6. The number of nitrogens with zero attached hydrogens (tertiary/aromatic N) is 1. The van der Waals surface area contributed by atoms with Gasteiger partial charge in [0.2, 0.25) is 0 Å². The van der Waals surface area contributed by atoms with Crippen LogP contribution < -0.4 is 0 Å². The lowest BCUT2D eigenvalue weighted by Crippen LogP contribution is -1.94. The number of rotatable bonds is 5. The molecule has 0 N–H and O–H groups in total. The number of aromatic nitrogens is 1. The summed E-state index contributed by atoms with van der Waals surface area (Å²) in [5, 5.41) is 4.68. The van der Waals surface area contributed by atoms with Crippen LogP contribution in [0.5, 0.6) is 0 Å². The fourth-order valence-corrected chi connectivity index (χ4v) is 7.57. The van der Waals surface area contributed by atoms with Crippen molar-refractivity contribution in [2.45, 2.75) is 0 Å². The van der Waals surface area contributed by atoms with Gasteiger partial charge in [0.25, 0.3) is 0 Å². The highest BCUT2D eigenvalue weighted by molar-refractivity contribution is 6.13. The largest absolute Gasteiger partial charge is 0.454 e. The molecule has 0 atom stereocenters. The molecule has 8 aromatic carbocycles. The minimum atomic E-state index is 0.883. The summed E-state index contributed by atoms with van der Waals surface area (Å²) in [5.41, 5.74) is 14.7. The highest BCUT2D eigenvalue weighted by Crippen LogP contribution is 2.40. The highest BCUT2D eigenvalue weighted by Gasteiger charge is 2.18. The van der Waals surface area contributed by atoms with Gasteiger partial charge in [-0.25, -0.2) is 0 Å². The van der Waals surface area contributed by atoms with Crippen molar-refractivity contribution in [1.82, 2.24) is 4.57 Å². The molecule has 234 valence electrons. The maximum Gasteiger partial charge on any atom is 0.159 e. The van der Waals surface area contributed by atoms with Crippen LogP contribution in [0.2, 0.25) is 0 Å². The first-order valence-corrected chi connectivity index (χ1v) is 17.1. The smallest absolute Gasteiger partial charge is 0.159 e. The molecule has 0 aliphatic rings. The first-order valence-electron chi connectivity index (χ1n) is 17.1. The molecule has 0 fully saturated rings. The van der Waals surface area contributed by atoms with Gasteiger partial charge in [-0.15, -0.1) is 0 Å². The molecule has 0 radical (unpaired) electrons. The number of hydrogen-bond donors (Lipinski definition) is 0. The normalized spacial score (nSPS) is 11.6. The zero-order valence-electron chi connectivity index (χ0n) is 27.3. The van der Waals surface area contributed by atoms with Gasteiger partial charge in [-0.05, 0) is 93.0 Å². The second-order valence-electron chi connectivity index (χ2n) is 12.9. The van der Waals surface area contributed by atoms with Crippen molar-refractivity contribution in [2.24, 2.45) is 0 Å². The van der Waals surface area contributed by atoms with Crippen molar-refractivity contribution in [3.63, 3.8) is 0 Å². The van der Waals surface area contributed by atoms with Gasteiger partial charge in [-0.3, -0.25) is 0 Å². The van der Waals surface area contributed by atoms with Gasteiger partial charge in [-0.1, -0.05) is 140 Å². The average Bonchev–Trinajstić information content (AvgIpc) is 3.74. The molecule has 50 heavy (non-hydrogen) atoms. The molecule has 2 heteroatoms. The fourth-order valence-electron chi connectivity index (χ4n) is 7.57. The summed E-state index contributed by atoms with van der Waals surface area (Å²) in [6, 6.07) is 67.3. The molecule has 0 unspecified atom stereocenters. The van der Waals surface area contributed by atoms with Crippen LogP contribution in [0.1, 0.15) is 0 Å². The van der Waals surface area contributed by atoms with Gasteiger partial charge >= 0.3 is 0 Å². The Kier molecular flexibility index (Phi) is 6.53. The molecule has 0 amide bonds. The first-order chi connectivity index (χ1) is 24.8. The third-order valence-electron chi connectivity index (χ3n) is 10.00. The molecule has 2 nitrogen and oxygen atoms in total. The van der Waals surface area contributed by atoms with Crippen molar-refractivity contribution in [3.05, 3.63) is 188 Å². The third kappa shape index (κ3) is 4.65. The van der Waals surface area contributed by atoms with E-state index < -0.39 is 0 Å². The quantitative estimate of drug-likeness (QED) is 0.184. The predicted molar refractivity (Wildman–Crippen MR) is 210 cm³/mol. The fraction of sp³-hybridized carbons (Fsp3) is 0. The maximum absolute atomic E-state index is 6.82. The van der Waals surface area contributed by atoms with Crippen LogP contribution in [0.3, 0.4) is 0 Å². The summed E-state index contributed by atoms with van der Waals surface area (Å²) in [6.07, 6.45) is 0. The summed E-state index contributed by atoms with van der Waals surface area (Å²) < 4.78 is 9.18. The van der Waals surface area contributed by atoms with Crippen LogP contribution in [-0.2, 0) is 0 Å². The van der Waals surface area contributed by atoms with E-state index in [1.807, 2.05) is 0 Å². The van der Waals surface area contributed by atoms with Crippen LogP contribution in [0.4, 0.5) is 0 Å². The van der Waals surface area contributed by atoms with Crippen LogP contribution in [0, 0.1) is 0 Å². The summed E-state index contributed by atoms with van der Waals surface area (Å²) in [6.45, 7) is 0. The van der Waals surface area contributed by atoms with Crippen LogP contribution in [0.25, 0.3) is 93.9 Å². The van der Waals surface area contributed by atoms with Crippen molar-refractivity contribution in [1.29, 1.82) is 0 Å². The molecule has 0 aliphatic carbocycles. The summed E-state index contributed by atoms with van der Waals surface area (Å²) in [5.74, 6) is 0. The lowest BCUT2D eigenvalue weighted by Gasteiger charge is -2.09. The minimum absolute atomic E-state index is 0.883. The molecule has 0 saturated heterocycles. The summed E-state index contributed by atoms with van der Waals surface area (Å²) >= 11 is 0. The Morgan fingerprint density at radius 2 is 0.800 bits per heavy atom. The second kappa shape index (κ2) is 11.5. The van der Waals surface area contributed by atoms with E-state index in [9.17, 15) is 0 Å². The van der Waals surface area contributed by atoms with E-state index >= 15 is 0 Å². The van der Waals surface area contributed by atoms with Crippen LogP contribution in [-0.4, -0.2) is 4.57 Å². The number of benzene rings is 8. The Bertz CT molecular complexity index is 2860. The topological polar surface area (TPSA) is 18.1 Å². The Morgan fingerprint density at radius 1 is 0.300 bits per heavy atom. The van der Waals surface area contributed by atoms with Gasteiger partial charge in [-0.2, -0.15) is 0 Å². The van der Waals surface area contributed by atoms with Crippen LogP contribution in [0.15, 0.2) is 192 Å². The SMILES string of the molecule is c1ccc(-c2cccc(-c3cccc(-c4ccc5c(c4)oc4c(-n6c7ccccc7c7cc(-c8ccccc8)ccc76)cccc45)c3)c2)cc1. The van der Waals surface area contributed by atoms with Gasteiger partial charge in [0.1, 0.15) is 5.58 Å². The molecule has 0 aliphatic heterocycles. The van der Waals surface area contributed by atoms with Gasteiger partial charge in [0.05, 0.1) is 16.7 Å². The Hall–Kier alpha value is -6.64. The molecular formula is C48H31NO. The molecule has 0 bridgehead atoms. The molecular weight excluding hydrogens is 607 g/mol. The van der Waals surface area contributed by atoms with Crippen molar-refractivity contribution in [2.75, 3.05) is 0 Å². The second-order valence-corrected chi connectivity index (χ2v) is 12.9. The molecule has 2 aromatic heterocycles. The Balaban J connectivity index is 1.09. The van der Waals surface area contributed by atoms with Crippen molar-refractivity contribution in [3.8, 4) is 50.2 Å². The van der Waals surface area contributed by atoms with E-state index in [4.69, 9.17) is 4.42 Å². The van der Waals surface area contributed by atoms with Gasteiger partial charge in [0.15, 0.2) is 5.58 Å². The zero-order valence-corrected chi connectivity index (χ0v) is 27.3. The number of hydrogen-bond acceptors (Lipinski definition) is 1. The van der Waals surface area contributed by atoms with Crippen molar-refractivity contribution >= 4 is 43.7 Å². The maximum atomic E-state index is 6.82. The minimum Gasteiger partial charge on any atom is -0.454 e. The van der Waals surface area contributed by atoms with E-state index in [-0.39, 0.29) is 0 Å². The number of para-hydroxylation sites is 2. The number of furan rings is 1. The predicted octanol–water partition coefficient (Wildman–Crippen LogP) is 13.4. The monoisotopic (exact) mass is 637 g/mol. The van der Waals surface area contributed by atoms with Crippen molar-refractivity contribution < 1.29 is 4.42 Å². The van der Waals surface area contributed by atoms with Gasteiger partial charge in [0, 0.05) is 21.5 Å². The van der Waals surface area contributed by atoms with E-state index in [0.29, 0.717) is 0 Å². The zero-order chi connectivity index (χ0) is 33.0. The lowest BCUT2D eigenvalue weighted by atomic mass is 9.96. The van der Waals surface area contributed by atoms with Crippen LogP contribution >= 0.6 is 0 Å². The van der Waals surface area contributed by atoms with E-state index in [2.05, 4.69) is 193 Å². The molecule has 0 saturated carbocycles. The van der Waals surface area contributed by atoms with Gasteiger partial charge < -0.3 is 8.98 Å². The first kappa shape index (κ1) is 28.4. The Morgan fingerprint density at radius 3 is 1.50 bits per heavy atom. The van der Waals surface area contributed by atoms with E-state index in [0.717, 1.165) is 49.8 Å². The molecule has 10 aromatic rings. The molecule has 10 rings (SSSR count). The summed E-state index contributed by atoms with van der Waals surface area (Å²) in [4.78, 5) is 0. The average molecular weight is 638 g/mol. The van der Waals surface area contributed by atoms with E-state index in [1.54, 1.807) is 0 Å². The molecule has 2 heterocycles. The summed E-state index contributed by atoms with van der Waals surface area (Å²) in [7, 11) is 0. The standard InChI is InChI=1S/C48H31NO/c1-3-12-32(13-4-1)34-16-9-17-35(28-34)36-18-10-19-37(29-36)39-24-26-41-42-21-11-23-46(48(42)50-47(41)31-39)49-44-22-8-7-20-40(44)43-30-38(25-27-45(43)49)33-14-5-2-6-15-33/h1-31H. The Labute approximate surface area is 290 Å². The molecule has 0 spiro atoms. The highest BCUT2D eigenvalue weighted by atomic mass is 16.3. The lowest BCUT2D eigenvalue weighted by molar-refractivity contribution is 0.666. The van der Waals surface area contributed by atoms with E-state index in [1.165, 1.54) is 44.2 Å². The third-order valence-corrected chi connectivity index (χ3v) is 10.00.